The minimum Gasteiger partial charge on any atom is -0.324 e. The number of H-pyrrole nitrogens is 1. The minimum atomic E-state index is -0.159. The van der Waals surface area contributed by atoms with Crippen molar-refractivity contribution in [3.63, 3.8) is 0 Å². The molecule has 0 spiro atoms. The Bertz CT molecular complexity index is 980. The number of hydrogen-bond donors (Lipinski definition) is 1. The Morgan fingerprint density at radius 2 is 1.78 bits per heavy atom. The maximum Gasteiger partial charge on any atom is 0.273 e. The molecule has 6 heteroatoms. The van der Waals surface area contributed by atoms with Crippen molar-refractivity contribution < 1.29 is 4.79 Å². The van der Waals surface area contributed by atoms with Crippen LogP contribution < -0.4 is 0 Å². The van der Waals surface area contributed by atoms with Gasteiger partial charge in [0.1, 0.15) is 5.69 Å². The van der Waals surface area contributed by atoms with Gasteiger partial charge in [-0.25, -0.2) is 0 Å². The number of aromatic nitrogens is 2. The summed E-state index contributed by atoms with van der Waals surface area (Å²) in [6.45, 7) is 4.09. The highest BCUT2D eigenvalue weighted by molar-refractivity contribution is 7.98. The van der Waals surface area contributed by atoms with Gasteiger partial charge in [0.2, 0.25) is 0 Å². The fourth-order valence-corrected chi connectivity index (χ4v) is 4.17. The molecular weight excluding hydrogens is 378 g/mol. The van der Waals surface area contributed by atoms with Gasteiger partial charge in [-0.05, 0) is 49.9 Å². The standard InChI is InChI=1S/C21H20ClN3OS/c1-12(2)25-20(14-6-10-16(27-3)11-7-14)17-18(23-24-19(17)21(25)26)13-4-8-15(22)9-5-13/h4-12,20H,1-3H3,(H,23,24). The Kier molecular flexibility index (Phi) is 4.74. The van der Waals surface area contributed by atoms with Crippen LogP contribution in [0.3, 0.4) is 0 Å². The summed E-state index contributed by atoms with van der Waals surface area (Å²) >= 11 is 7.74. The maximum absolute atomic E-state index is 13.1. The van der Waals surface area contributed by atoms with Crippen molar-refractivity contribution in [1.29, 1.82) is 0 Å². The molecule has 138 valence electrons. The van der Waals surface area contributed by atoms with E-state index >= 15 is 0 Å². The first-order valence-corrected chi connectivity index (χ1v) is 10.4. The largest absolute Gasteiger partial charge is 0.324 e. The van der Waals surface area contributed by atoms with E-state index < -0.39 is 0 Å². The molecule has 1 aromatic heterocycles. The molecule has 1 unspecified atom stereocenters. The molecule has 27 heavy (non-hydrogen) atoms. The zero-order valence-corrected chi connectivity index (χ0v) is 16.9. The van der Waals surface area contributed by atoms with E-state index in [1.54, 1.807) is 11.8 Å². The lowest BCUT2D eigenvalue weighted by Gasteiger charge is -2.30. The van der Waals surface area contributed by atoms with Gasteiger partial charge < -0.3 is 4.90 Å². The van der Waals surface area contributed by atoms with Gasteiger partial charge in [-0.15, -0.1) is 11.8 Å². The van der Waals surface area contributed by atoms with Crippen LogP contribution in [0.25, 0.3) is 11.3 Å². The van der Waals surface area contributed by atoms with E-state index in [0.717, 1.165) is 22.4 Å². The number of benzene rings is 2. The summed E-state index contributed by atoms with van der Waals surface area (Å²) in [4.78, 5) is 16.2. The number of thioether (sulfide) groups is 1. The molecule has 1 aliphatic rings. The van der Waals surface area contributed by atoms with Crippen LogP contribution in [-0.4, -0.2) is 33.3 Å². The number of carbonyl (C=O) groups excluding carboxylic acids is 1. The lowest BCUT2D eigenvalue weighted by atomic mass is 9.95. The predicted octanol–water partition coefficient (Wildman–Crippen LogP) is 5.41. The first-order valence-electron chi connectivity index (χ1n) is 8.82. The van der Waals surface area contributed by atoms with Crippen molar-refractivity contribution in [2.24, 2.45) is 0 Å². The van der Waals surface area contributed by atoms with Gasteiger partial charge in [0.05, 0.1) is 11.7 Å². The molecule has 1 N–H and O–H groups in total. The van der Waals surface area contributed by atoms with Crippen LogP contribution in [0.15, 0.2) is 53.4 Å². The maximum atomic E-state index is 13.1. The van der Waals surface area contributed by atoms with E-state index in [9.17, 15) is 4.79 Å². The summed E-state index contributed by atoms with van der Waals surface area (Å²) in [5.41, 5.74) is 4.35. The van der Waals surface area contributed by atoms with Crippen molar-refractivity contribution in [1.82, 2.24) is 15.1 Å². The third-order valence-corrected chi connectivity index (χ3v) is 5.91. The van der Waals surface area contributed by atoms with Crippen molar-refractivity contribution >= 4 is 29.3 Å². The molecule has 0 fully saturated rings. The average Bonchev–Trinajstić information content (AvgIpc) is 3.22. The van der Waals surface area contributed by atoms with Gasteiger partial charge in [0, 0.05) is 27.1 Å². The number of nitrogens with zero attached hydrogens (tertiary/aromatic N) is 2. The van der Waals surface area contributed by atoms with E-state index in [4.69, 9.17) is 11.6 Å². The van der Waals surface area contributed by atoms with E-state index in [0.29, 0.717) is 10.7 Å². The highest BCUT2D eigenvalue weighted by Crippen LogP contribution is 2.44. The SMILES string of the molecule is CSc1ccc(C2c3c(-c4ccc(Cl)cc4)n[nH]c3C(=O)N2C(C)C)cc1. The smallest absolute Gasteiger partial charge is 0.273 e. The molecule has 0 saturated heterocycles. The molecule has 0 aliphatic carbocycles. The quantitative estimate of drug-likeness (QED) is 0.599. The number of rotatable bonds is 4. The van der Waals surface area contributed by atoms with Gasteiger partial charge in [-0.2, -0.15) is 5.10 Å². The zero-order chi connectivity index (χ0) is 19.1. The second-order valence-corrected chi connectivity index (χ2v) is 8.17. The zero-order valence-electron chi connectivity index (χ0n) is 15.4. The van der Waals surface area contributed by atoms with Crippen LogP contribution >= 0.6 is 23.4 Å². The van der Waals surface area contributed by atoms with Crippen LogP contribution in [0.4, 0.5) is 0 Å². The molecule has 1 aliphatic heterocycles. The van der Waals surface area contributed by atoms with Crippen LogP contribution in [-0.2, 0) is 0 Å². The molecular formula is C21H20ClN3OS. The monoisotopic (exact) mass is 397 g/mol. The number of halogens is 1. The first kappa shape index (κ1) is 18.1. The minimum absolute atomic E-state index is 0.00773. The van der Waals surface area contributed by atoms with Gasteiger partial charge in [-0.1, -0.05) is 35.9 Å². The summed E-state index contributed by atoms with van der Waals surface area (Å²) < 4.78 is 0. The number of aromatic amines is 1. The van der Waals surface area contributed by atoms with Crippen LogP contribution in [0.2, 0.25) is 5.02 Å². The summed E-state index contributed by atoms with van der Waals surface area (Å²) in [6.07, 6.45) is 2.06. The van der Waals surface area contributed by atoms with Gasteiger partial charge in [0.15, 0.2) is 0 Å². The third kappa shape index (κ3) is 3.05. The molecule has 3 aromatic rings. The fraction of sp³-hybridized carbons (Fsp3) is 0.238. The Hall–Kier alpha value is -2.24. The lowest BCUT2D eigenvalue weighted by Crippen LogP contribution is -2.35. The fourth-order valence-electron chi connectivity index (χ4n) is 3.64. The first-order chi connectivity index (χ1) is 13.0. The Morgan fingerprint density at radius 3 is 2.37 bits per heavy atom. The number of hydrogen-bond acceptors (Lipinski definition) is 3. The summed E-state index contributed by atoms with van der Waals surface area (Å²) in [7, 11) is 0. The molecule has 1 amide bonds. The second-order valence-electron chi connectivity index (χ2n) is 6.85. The molecule has 4 nitrogen and oxygen atoms in total. The molecule has 0 bridgehead atoms. The molecule has 0 saturated carbocycles. The average molecular weight is 398 g/mol. The van der Waals surface area contributed by atoms with Crippen molar-refractivity contribution in [3.05, 3.63) is 70.4 Å². The molecule has 1 atom stereocenters. The van der Waals surface area contributed by atoms with Crippen molar-refractivity contribution in [2.75, 3.05) is 6.26 Å². The molecule has 2 heterocycles. The van der Waals surface area contributed by atoms with Gasteiger partial charge in [-0.3, -0.25) is 9.89 Å². The van der Waals surface area contributed by atoms with Gasteiger partial charge in [0.25, 0.3) is 5.91 Å². The van der Waals surface area contributed by atoms with Crippen LogP contribution in [0, 0.1) is 0 Å². The van der Waals surface area contributed by atoms with Crippen LogP contribution in [0.5, 0.6) is 0 Å². The van der Waals surface area contributed by atoms with E-state index in [1.807, 2.05) is 43.0 Å². The van der Waals surface area contributed by atoms with Crippen molar-refractivity contribution in [3.8, 4) is 11.3 Å². The third-order valence-electron chi connectivity index (χ3n) is 4.91. The highest BCUT2D eigenvalue weighted by atomic mass is 35.5. The normalized spacial score (nSPS) is 16.3. The Labute approximate surface area is 167 Å². The van der Waals surface area contributed by atoms with Gasteiger partial charge >= 0.3 is 0 Å². The highest BCUT2D eigenvalue weighted by Gasteiger charge is 2.43. The van der Waals surface area contributed by atoms with E-state index in [1.165, 1.54) is 4.90 Å². The number of fused-ring (bicyclic) bond motifs is 1. The molecule has 4 rings (SSSR count). The predicted molar refractivity (Wildman–Crippen MR) is 110 cm³/mol. The summed E-state index contributed by atoms with van der Waals surface area (Å²) in [6, 6.07) is 15.9. The Balaban J connectivity index is 1.88. The number of nitrogens with one attached hydrogen (secondary N) is 1. The van der Waals surface area contributed by atoms with Crippen LogP contribution in [0.1, 0.15) is 41.5 Å². The topological polar surface area (TPSA) is 49.0 Å². The van der Waals surface area contributed by atoms with E-state index in [2.05, 4.69) is 40.7 Å². The molecule has 0 radical (unpaired) electrons. The lowest BCUT2D eigenvalue weighted by molar-refractivity contribution is 0.0688. The summed E-state index contributed by atoms with van der Waals surface area (Å²) in [5.74, 6) is -0.00773. The number of amides is 1. The van der Waals surface area contributed by atoms with Crippen molar-refractivity contribution in [2.45, 2.75) is 30.8 Å². The number of carbonyl (C=O) groups is 1. The summed E-state index contributed by atoms with van der Waals surface area (Å²) in [5, 5.41) is 8.13. The van der Waals surface area contributed by atoms with E-state index in [-0.39, 0.29) is 18.0 Å². The molecule has 2 aromatic carbocycles. The Morgan fingerprint density at radius 1 is 1.11 bits per heavy atom. The second kappa shape index (κ2) is 7.06.